The highest BCUT2D eigenvalue weighted by Crippen LogP contribution is 2.42. The summed E-state index contributed by atoms with van der Waals surface area (Å²) >= 11 is 7.41. The number of allylic oxidation sites excluding steroid dienone is 2. The van der Waals surface area contributed by atoms with Crippen LogP contribution in [-0.4, -0.2) is 0 Å². The highest BCUT2D eigenvalue weighted by atomic mass is 79.9. The highest BCUT2D eigenvalue weighted by Gasteiger charge is 2.21. The molecule has 0 unspecified atom stereocenters. The second kappa shape index (κ2) is 3.07. The van der Waals surface area contributed by atoms with E-state index in [0.29, 0.717) is 0 Å². The van der Waals surface area contributed by atoms with Crippen molar-refractivity contribution in [1.82, 2.24) is 0 Å². The maximum Gasteiger partial charge on any atom is 0.0326 e. The van der Waals surface area contributed by atoms with Gasteiger partial charge in [0.25, 0.3) is 0 Å². The third-order valence-electron chi connectivity index (χ3n) is 2.87. The highest BCUT2D eigenvalue weighted by molar-refractivity contribution is 9.11. The molecule has 0 fully saturated rings. The van der Waals surface area contributed by atoms with E-state index in [0.717, 1.165) is 12.8 Å². The van der Waals surface area contributed by atoms with Crippen molar-refractivity contribution in [2.24, 2.45) is 0 Å². The molecule has 0 saturated heterocycles. The van der Waals surface area contributed by atoms with Crippen LogP contribution in [0.25, 0.3) is 12.2 Å². The van der Waals surface area contributed by atoms with Crippen LogP contribution in [0.2, 0.25) is 0 Å². The summed E-state index contributed by atoms with van der Waals surface area (Å²) in [5.74, 6) is 0. The second-order valence-electron chi connectivity index (χ2n) is 3.63. The number of fused-ring (bicyclic) bond motifs is 2. The Hall–Kier alpha value is -0.340. The van der Waals surface area contributed by atoms with E-state index in [4.69, 9.17) is 0 Å². The molecule has 1 aromatic carbocycles. The SMILES string of the molecule is Brc1c2c(c(Br)c3c1C=CC3)CC=C2. The standard InChI is InChI=1S/C12H8Br2/c13-11-7-3-1-4-8(7)12(14)10-6-2-5-9(10)11/h1-3,5H,4,6H2. The fourth-order valence-corrected chi connectivity index (χ4v) is 3.66. The first-order valence-corrected chi connectivity index (χ1v) is 6.23. The molecule has 0 heterocycles. The van der Waals surface area contributed by atoms with Crippen LogP contribution in [0.15, 0.2) is 21.1 Å². The first kappa shape index (κ1) is 8.93. The van der Waals surface area contributed by atoms with Gasteiger partial charge in [0.2, 0.25) is 0 Å². The Balaban J connectivity index is 2.41. The van der Waals surface area contributed by atoms with Crippen LogP contribution in [0.1, 0.15) is 22.3 Å². The molecule has 2 heteroatoms. The molecule has 3 rings (SSSR count). The lowest BCUT2D eigenvalue weighted by Crippen LogP contribution is -1.94. The Morgan fingerprint density at radius 2 is 1.29 bits per heavy atom. The number of hydrogen-bond acceptors (Lipinski definition) is 0. The molecular weight excluding hydrogens is 304 g/mol. The van der Waals surface area contributed by atoms with Gasteiger partial charge in [0.15, 0.2) is 0 Å². The summed E-state index contributed by atoms with van der Waals surface area (Å²) in [6.45, 7) is 0. The molecule has 2 aliphatic carbocycles. The monoisotopic (exact) mass is 310 g/mol. The molecule has 0 radical (unpaired) electrons. The number of benzene rings is 1. The van der Waals surface area contributed by atoms with Gasteiger partial charge in [-0.25, -0.2) is 0 Å². The van der Waals surface area contributed by atoms with Gasteiger partial charge in [0.1, 0.15) is 0 Å². The first-order chi connectivity index (χ1) is 6.79. The van der Waals surface area contributed by atoms with Crippen LogP contribution in [0.5, 0.6) is 0 Å². The minimum Gasteiger partial charge on any atom is -0.0794 e. The van der Waals surface area contributed by atoms with Gasteiger partial charge in [-0.2, -0.15) is 0 Å². The van der Waals surface area contributed by atoms with Gasteiger partial charge in [0.05, 0.1) is 0 Å². The van der Waals surface area contributed by atoms with Crippen molar-refractivity contribution in [2.45, 2.75) is 12.8 Å². The Labute approximate surface area is 100.0 Å². The average Bonchev–Trinajstić information content (AvgIpc) is 2.82. The molecule has 0 spiro atoms. The quantitative estimate of drug-likeness (QED) is 0.668. The van der Waals surface area contributed by atoms with Gasteiger partial charge in [-0.1, -0.05) is 40.2 Å². The Morgan fingerprint density at radius 3 is 1.79 bits per heavy atom. The van der Waals surface area contributed by atoms with E-state index < -0.39 is 0 Å². The van der Waals surface area contributed by atoms with Gasteiger partial charge < -0.3 is 0 Å². The van der Waals surface area contributed by atoms with Crippen molar-refractivity contribution in [3.63, 3.8) is 0 Å². The third kappa shape index (κ3) is 1.04. The molecular formula is C12H8Br2. The van der Waals surface area contributed by atoms with Crippen LogP contribution >= 0.6 is 31.9 Å². The molecule has 0 aromatic heterocycles. The molecule has 0 amide bonds. The van der Waals surface area contributed by atoms with E-state index in [9.17, 15) is 0 Å². The maximum absolute atomic E-state index is 3.72. The van der Waals surface area contributed by atoms with Gasteiger partial charge in [-0.3, -0.25) is 0 Å². The van der Waals surface area contributed by atoms with Crippen LogP contribution in [0.3, 0.4) is 0 Å². The van der Waals surface area contributed by atoms with Crippen LogP contribution in [-0.2, 0) is 12.8 Å². The van der Waals surface area contributed by atoms with Gasteiger partial charge in [0, 0.05) is 8.95 Å². The lowest BCUT2D eigenvalue weighted by Gasteiger charge is -2.12. The van der Waals surface area contributed by atoms with E-state index >= 15 is 0 Å². The van der Waals surface area contributed by atoms with Crippen molar-refractivity contribution in [1.29, 1.82) is 0 Å². The topological polar surface area (TPSA) is 0 Å². The zero-order valence-corrected chi connectivity index (χ0v) is 10.7. The summed E-state index contributed by atoms with van der Waals surface area (Å²) in [4.78, 5) is 0. The van der Waals surface area contributed by atoms with Gasteiger partial charge >= 0.3 is 0 Å². The molecule has 0 atom stereocenters. The summed E-state index contributed by atoms with van der Waals surface area (Å²) < 4.78 is 2.56. The van der Waals surface area contributed by atoms with Crippen LogP contribution in [0, 0.1) is 0 Å². The molecule has 0 aliphatic heterocycles. The van der Waals surface area contributed by atoms with Crippen molar-refractivity contribution in [2.75, 3.05) is 0 Å². The van der Waals surface area contributed by atoms with Crippen molar-refractivity contribution >= 4 is 44.0 Å². The zero-order valence-electron chi connectivity index (χ0n) is 7.48. The molecule has 1 aromatic rings. The summed E-state index contributed by atoms with van der Waals surface area (Å²) in [6, 6.07) is 0. The molecule has 0 bridgehead atoms. The second-order valence-corrected chi connectivity index (χ2v) is 5.21. The molecule has 0 N–H and O–H groups in total. The van der Waals surface area contributed by atoms with E-state index in [1.165, 1.54) is 31.2 Å². The van der Waals surface area contributed by atoms with E-state index in [1.807, 2.05) is 0 Å². The molecule has 70 valence electrons. The van der Waals surface area contributed by atoms with Crippen molar-refractivity contribution < 1.29 is 0 Å². The smallest absolute Gasteiger partial charge is 0.0326 e. The summed E-state index contributed by atoms with van der Waals surface area (Å²) in [7, 11) is 0. The molecule has 14 heavy (non-hydrogen) atoms. The van der Waals surface area contributed by atoms with Crippen LogP contribution < -0.4 is 0 Å². The average molecular weight is 312 g/mol. The maximum atomic E-state index is 3.72. The predicted molar refractivity (Wildman–Crippen MR) is 67.3 cm³/mol. The minimum atomic E-state index is 1.06. The van der Waals surface area contributed by atoms with Gasteiger partial charge in [-0.15, -0.1) is 0 Å². The Kier molecular flexibility index (Phi) is 1.96. The number of halogens is 2. The lowest BCUT2D eigenvalue weighted by atomic mass is 10.0. The number of hydrogen-bond donors (Lipinski definition) is 0. The fourth-order valence-electron chi connectivity index (χ4n) is 2.16. The normalized spacial score (nSPS) is 16.1. The van der Waals surface area contributed by atoms with Crippen LogP contribution in [0.4, 0.5) is 0 Å². The van der Waals surface area contributed by atoms with Gasteiger partial charge in [-0.05, 0) is 51.0 Å². The summed E-state index contributed by atoms with van der Waals surface area (Å²) in [5.41, 5.74) is 5.56. The largest absolute Gasteiger partial charge is 0.0794 e. The minimum absolute atomic E-state index is 1.06. The van der Waals surface area contributed by atoms with Crippen molar-refractivity contribution in [3.05, 3.63) is 43.4 Å². The lowest BCUT2D eigenvalue weighted by molar-refractivity contribution is 1.20. The fraction of sp³-hybridized carbons (Fsp3) is 0.167. The molecule has 2 aliphatic rings. The van der Waals surface area contributed by atoms with E-state index in [2.05, 4.69) is 56.2 Å². The molecule has 0 saturated carbocycles. The van der Waals surface area contributed by atoms with Crippen molar-refractivity contribution in [3.8, 4) is 0 Å². The summed E-state index contributed by atoms with van der Waals surface area (Å²) in [5, 5.41) is 0. The zero-order chi connectivity index (χ0) is 9.71. The molecule has 0 nitrogen and oxygen atoms in total. The predicted octanol–water partition coefficient (Wildman–Crippen LogP) is 4.35. The van der Waals surface area contributed by atoms with E-state index in [-0.39, 0.29) is 0 Å². The Morgan fingerprint density at radius 1 is 0.786 bits per heavy atom. The number of rotatable bonds is 0. The Bertz CT molecular complexity index is 441. The third-order valence-corrected chi connectivity index (χ3v) is 4.68. The summed E-state index contributed by atoms with van der Waals surface area (Å²) in [6.07, 6.45) is 11.0. The first-order valence-electron chi connectivity index (χ1n) is 4.65. The van der Waals surface area contributed by atoms with E-state index in [1.54, 1.807) is 0 Å².